The number of rotatable bonds is 5. The van der Waals surface area contributed by atoms with Crippen LogP contribution in [0.1, 0.15) is 0 Å². The van der Waals surface area contributed by atoms with Crippen molar-refractivity contribution in [1.82, 2.24) is 14.5 Å². The van der Waals surface area contributed by atoms with Gasteiger partial charge in [0.15, 0.2) is 0 Å². The lowest BCUT2D eigenvalue weighted by Gasteiger charge is -2.08. The van der Waals surface area contributed by atoms with Crippen molar-refractivity contribution in [2.45, 2.75) is 11.4 Å². The standard InChI is InChI=1S/C12H12FN3O3S/c13-10-4-1-2-5-11(10)20(18,19)15-8-9-16-12(17)6-3-7-14-16/h1-7,15H,8-9H2. The Morgan fingerprint density at radius 2 is 1.95 bits per heavy atom. The normalized spacial score (nSPS) is 11.4. The van der Waals surface area contributed by atoms with Crippen LogP contribution in [0.3, 0.4) is 0 Å². The Labute approximate surface area is 114 Å². The number of nitrogens with one attached hydrogen (secondary N) is 1. The van der Waals surface area contributed by atoms with Crippen molar-refractivity contribution in [1.29, 1.82) is 0 Å². The van der Waals surface area contributed by atoms with Crippen molar-refractivity contribution in [2.75, 3.05) is 6.54 Å². The molecule has 0 radical (unpaired) electrons. The predicted molar refractivity (Wildman–Crippen MR) is 70.1 cm³/mol. The summed E-state index contributed by atoms with van der Waals surface area (Å²) in [5, 5.41) is 3.78. The van der Waals surface area contributed by atoms with Crippen LogP contribution in [0.2, 0.25) is 0 Å². The minimum absolute atomic E-state index is 0.0619. The summed E-state index contributed by atoms with van der Waals surface area (Å²) in [7, 11) is -3.94. The van der Waals surface area contributed by atoms with Gasteiger partial charge in [0.2, 0.25) is 10.0 Å². The smallest absolute Gasteiger partial charge is 0.266 e. The van der Waals surface area contributed by atoms with E-state index >= 15 is 0 Å². The highest BCUT2D eigenvalue weighted by atomic mass is 32.2. The summed E-state index contributed by atoms with van der Waals surface area (Å²) in [5.41, 5.74) is -0.336. The molecular weight excluding hydrogens is 285 g/mol. The Kier molecular flexibility index (Phi) is 4.26. The second kappa shape index (κ2) is 5.93. The third-order valence-electron chi connectivity index (χ3n) is 2.53. The van der Waals surface area contributed by atoms with Crippen LogP contribution in [0.25, 0.3) is 0 Å². The van der Waals surface area contributed by atoms with Gasteiger partial charge in [0.1, 0.15) is 10.7 Å². The monoisotopic (exact) mass is 297 g/mol. The molecule has 0 aliphatic rings. The molecule has 0 amide bonds. The molecule has 1 heterocycles. The van der Waals surface area contributed by atoms with Gasteiger partial charge in [-0.05, 0) is 18.2 Å². The first-order valence-electron chi connectivity index (χ1n) is 5.77. The molecule has 0 spiro atoms. The summed E-state index contributed by atoms with van der Waals surface area (Å²) in [6.07, 6.45) is 1.42. The van der Waals surface area contributed by atoms with E-state index in [0.717, 1.165) is 10.7 Å². The third kappa shape index (κ3) is 3.28. The Hall–Kier alpha value is -2.06. The van der Waals surface area contributed by atoms with Gasteiger partial charge >= 0.3 is 0 Å². The summed E-state index contributed by atoms with van der Waals surface area (Å²) in [5.74, 6) is -0.824. The zero-order chi connectivity index (χ0) is 14.6. The summed E-state index contributed by atoms with van der Waals surface area (Å²) >= 11 is 0. The lowest BCUT2D eigenvalue weighted by Crippen LogP contribution is -2.32. The minimum Gasteiger partial charge on any atom is -0.268 e. The molecule has 106 valence electrons. The van der Waals surface area contributed by atoms with E-state index in [0.29, 0.717) is 0 Å². The van der Waals surface area contributed by atoms with E-state index in [4.69, 9.17) is 0 Å². The molecule has 6 nitrogen and oxygen atoms in total. The van der Waals surface area contributed by atoms with E-state index in [1.54, 1.807) is 0 Å². The maximum Gasteiger partial charge on any atom is 0.266 e. The Bertz CT molecular complexity index is 758. The fraction of sp³-hybridized carbons (Fsp3) is 0.167. The topological polar surface area (TPSA) is 81.1 Å². The third-order valence-corrected chi connectivity index (χ3v) is 4.02. The molecule has 1 N–H and O–H groups in total. The molecule has 0 unspecified atom stereocenters. The number of hydrogen-bond acceptors (Lipinski definition) is 4. The van der Waals surface area contributed by atoms with Crippen molar-refractivity contribution in [3.63, 3.8) is 0 Å². The molecule has 2 rings (SSSR count). The molecule has 0 atom stereocenters. The van der Waals surface area contributed by atoms with Crippen LogP contribution in [0.15, 0.2) is 52.3 Å². The van der Waals surface area contributed by atoms with Crippen LogP contribution < -0.4 is 10.3 Å². The van der Waals surface area contributed by atoms with Crippen LogP contribution in [-0.4, -0.2) is 24.7 Å². The summed E-state index contributed by atoms with van der Waals surface area (Å²) in [6.45, 7) is 0.000936. The first-order valence-corrected chi connectivity index (χ1v) is 7.25. The van der Waals surface area contributed by atoms with Gasteiger partial charge in [0.05, 0.1) is 6.54 Å². The van der Waals surface area contributed by atoms with Crippen LogP contribution in [0.5, 0.6) is 0 Å². The second-order valence-electron chi connectivity index (χ2n) is 3.91. The number of hydrogen-bond donors (Lipinski definition) is 1. The van der Waals surface area contributed by atoms with Gasteiger partial charge in [-0.25, -0.2) is 22.2 Å². The van der Waals surface area contributed by atoms with Gasteiger partial charge in [-0.15, -0.1) is 0 Å². The Morgan fingerprint density at radius 1 is 1.20 bits per heavy atom. The van der Waals surface area contributed by atoms with E-state index < -0.39 is 20.7 Å². The molecule has 0 saturated carbocycles. The fourth-order valence-corrected chi connectivity index (χ4v) is 2.68. The van der Waals surface area contributed by atoms with E-state index in [-0.39, 0.29) is 18.6 Å². The zero-order valence-corrected chi connectivity index (χ0v) is 11.2. The van der Waals surface area contributed by atoms with Gasteiger partial charge in [-0.3, -0.25) is 4.79 Å². The molecular formula is C12H12FN3O3S. The van der Waals surface area contributed by atoms with Crippen molar-refractivity contribution in [3.05, 3.63) is 58.8 Å². The van der Waals surface area contributed by atoms with Crippen molar-refractivity contribution in [3.8, 4) is 0 Å². The van der Waals surface area contributed by atoms with E-state index in [9.17, 15) is 17.6 Å². The largest absolute Gasteiger partial charge is 0.268 e. The average Bonchev–Trinajstić information content (AvgIpc) is 2.41. The van der Waals surface area contributed by atoms with Crippen molar-refractivity contribution >= 4 is 10.0 Å². The average molecular weight is 297 g/mol. The number of aromatic nitrogens is 2. The van der Waals surface area contributed by atoms with Crippen LogP contribution in [-0.2, 0) is 16.6 Å². The van der Waals surface area contributed by atoms with Crippen LogP contribution in [0.4, 0.5) is 4.39 Å². The molecule has 0 fully saturated rings. The molecule has 20 heavy (non-hydrogen) atoms. The van der Waals surface area contributed by atoms with Crippen LogP contribution in [0, 0.1) is 5.82 Å². The molecule has 0 saturated heterocycles. The molecule has 0 bridgehead atoms. The van der Waals surface area contributed by atoms with Crippen molar-refractivity contribution in [2.24, 2.45) is 0 Å². The van der Waals surface area contributed by atoms with Gasteiger partial charge in [0, 0.05) is 18.8 Å². The number of benzene rings is 1. The Balaban J connectivity index is 2.06. The molecule has 1 aromatic heterocycles. The zero-order valence-electron chi connectivity index (χ0n) is 10.4. The van der Waals surface area contributed by atoms with E-state index in [2.05, 4.69) is 9.82 Å². The van der Waals surface area contributed by atoms with Crippen LogP contribution >= 0.6 is 0 Å². The fourth-order valence-electron chi connectivity index (χ4n) is 1.58. The first-order chi connectivity index (χ1) is 9.50. The lowest BCUT2D eigenvalue weighted by atomic mass is 10.4. The van der Waals surface area contributed by atoms with E-state index in [1.165, 1.54) is 36.5 Å². The first kappa shape index (κ1) is 14.4. The summed E-state index contributed by atoms with van der Waals surface area (Å²) in [6, 6.07) is 7.88. The molecule has 1 aromatic carbocycles. The van der Waals surface area contributed by atoms with Gasteiger partial charge in [0.25, 0.3) is 5.56 Å². The quantitative estimate of drug-likeness (QED) is 0.864. The SMILES string of the molecule is O=c1cccnn1CCNS(=O)(=O)c1ccccc1F. The predicted octanol–water partition coefficient (Wildman–Crippen LogP) is 0.361. The van der Waals surface area contributed by atoms with E-state index in [1.807, 2.05) is 0 Å². The molecule has 0 aliphatic heterocycles. The molecule has 8 heteroatoms. The van der Waals surface area contributed by atoms with Crippen molar-refractivity contribution < 1.29 is 12.8 Å². The minimum atomic E-state index is -3.94. The van der Waals surface area contributed by atoms with Gasteiger partial charge < -0.3 is 0 Å². The highest BCUT2D eigenvalue weighted by Gasteiger charge is 2.17. The summed E-state index contributed by atoms with van der Waals surface area (Å²) in [4.78, 5) is 10.9. The maximum absolute atomic E-state index is 13.4. The number of halogens is 1. The second-order valence-corrected chi connectivity index (χ2v) is 5.65. The Morgan fingerprint density at radius 3 is 2.65 bits per heavy atom. The molecule has 0 aliphatic carbocycles. The molecule has 2 aromatic rings. The number of nitrogens with zero attached hydrogens (tertiary/aromatic N) is 2. The lowest BCUT2D eigenvalue weighted by molar-refractivity contribution is 0.537. The number of sulfonamides is 1. The highest BCUT2D eigenvalue weighted by Crippen LogP contribution is 2.12. The van der Waals surface area contributed by atoms with Gasteiger partial charge in [-0.2, -0.15) is 5.10 Å². The maximum atomic E-state index is 13.4. The highest BCUT2D eigenvalue weighted by molar-refractivity contribution is 7.89. The summed E-state index contributed by atoms with van der Waals surface area (Å²) < 4.78 is 40.5. The van der Waals surface area contributed by atoms with Gasteiger partial charge in [-0.1, -0.05) is 12.1 Å².